The second-order valence-electron chi connectivity index (χ2n) is 3.74. The van der Waals surface area contributed by atoms with Gasteiger partial charge in [0.2, 0.25) is 0 Å². The van der Waals surface area contributed by atoms with Crippen molar-refractivity contribution in [3.8, 4) is 0 Å². The van der Waals surface area contributed by atoms with E-state index in [2.05, 4.69) is 20.7 Å². The molecule has 9 heteroatoms. The molecule has 0 saturated heterocycles. The molecule has 2 aromatic rings. The molecule has 0 aliphatic rings. The fourth-order valence-corrected chi connectivity index (χ4v) is 1.65. The molecule has 0 saturated carbocycles. The largest absolute Gasteiger partial charge is 0.416 e. The Labute approximate surface area is 111 Å². The standard InChI is InChI=1S/C10H9ClF3N5/c1-19-17-9(16-18-19)5-15-8-3-2-6(4-7(8)11)10(12,13)14/h2-4,15H,5H2,1H3. The maximum Gasteiger partial charge on any atom is 0.416 e. The summed E-state index contributed by atoms with van der Waals surface area (Å²) >= 11 is 5.78. The normalized spacial score (nSPS) is 11.6. The van der Waals surface area contributed by atoms with Crippen molar-refractivity contribution >= 4 is 17.3 Å². The van der Waals surface area contributed by atoms with Gasteiger partial charge >= 0.3 is 6.18 Å². The minimum Gasteiger partial charge on any atom is -0.376 e. The zero-order chi connectivity index (χ0) is 14.0. The van der Waals surface area contributed by atoms with Crippen molar-refractivity contribution in [3.63, 3.8) is 0 Å². The number of nitrogens with zero attached hydrogens (tertiary/aromatic N) is 4. The van der Waals surface area contributed by atoms with E-state index in [1.807, 2.05) is 0 Å². The Kier molecular flexibility index (Phi) is 3.61. The van der Waals surface area contributed by atoms with E-state index in [0.717, 1.165) is 12.1 Å². The highest BCUT2D eigenvalue weighted by atomic mass is 35.5. The number of aromatic nitrogens is 4. The maximum absolute atomic E-state index is 12.4. The molecule has 0 spiro atoms. The minimum atomic E-state index is -4.41. The van der Waals surface area contributed by atoms with Crippen LogP contribution in [0.1, 0.15) is 11.4 Å². The van der Waals surface area contributed by atoms with Crippen molar-refractivity contribution in [2.75, 3.05) is 5.32 Å². The van der Waals surface area contributed by atoms with Crippen molar-refractivity contribution in [1.82, 2.24) is 20.2 Å². The molecule has 1 N–H and O–H groups in total. The van der Waals surface area contributed by atoms with Crippen LogP contribution in [-0.4, -0.2) is 20.2 Å². The van der Waals surface area contributed by atoms with E-state index in [9.17, 15) is 13.2 Å². The van der Waals surface area contributed by atoms with Gasteiger partial charge in [-0.05, 0) is 23.4 Å². The average molecular weight is 292 g/mol. The molecule has 0 aliphatic carbocycles. The molecule has 1 aromatic heterocycles. The number of nitrogens with one attached hydrogen (secondary N) is 1. The summed E-state index contributed by atoms with van der Waals surface area (Å²) in [5, 5.41) is 14.1. The van der Waals surface area contributed by atoms with E-state index in [4.69, 9.17) is 11.6 Å². The summed E-state index contributed by atoms with van der Waals surface area (Å²) in [4.78, 5) is 1.28. The molecule has 0 amide bonds. The van der Waals surface area contributed by atoms with Crippen LogP contribution in [0.25, 0.3) is 0 Å². The lowest BCUT2D eigenvalue weighted by molar-refractivity contribution is -0.137. The third kappa shape index (κ3) is 3.34. The molecule has 0 radical (unpaired) electrons. The summed E-state index contributed by atoms with van der Waals surface area (Å²) < 4.78 is 37.3. The van der Waals surface area contributed by atoms with Crippen molar-refractivity contribution in [1.29, 1.82) is 0 Å². The molecule has 102 valence electrons. The maximum atomic E-state index is 12.4. The van der Waals surface area contributed by atoms with Gasteiger partial charge < -0.3 is 5.32 Å². The number of rotatable bonds is 3. The van der Waals surface area contributed by atoms with Crippen LogP contribution in [0.2, 0.25) is 5.02 Å². The SMILES string of the molecule is Cn1nnc(CNc2ccc(C(F)(F)F)cc2Cl)n1. The highest BCUT2D eigenvalue weighted by molar-refractivity contribution is 6.33. The number of aryl methyl sites for hydroxylation is 1. The smallest absolute Gasteiger partial charge is 0.376 e. The van der Waals surface area contributed by atoms with Crippen LogP contribution < -0.4 is 5.32 Å². The monoisotopic (exact) mass is 291 g/mol. The van der Waals surface area contributed by atoms with E-state index in [1.165, 1.54) is 10.9 Å². The molecule has 0 aliphatic heterocycles. The summed E-state index contributed by atoms with van der Waals surface area (Å²) in [6, 6.07) is 3.09. The van der Waals surface area contributed by atoms with Crippen LogP contribution >= 0.6 is 11.6 Å². The quantitative estimate of drug-likeness (QED) is 0.944. The minimum absolute atomic E-state index is 0.0151. The van der Waals surface area contributed by atoms with Gasteiger partial charge in [0.1, 0.15) is 0 Å². The van der Waals surface area contributed by atoms with Crippen LogP contribution in [-0.2, 0) is 19.8 Å². The molecule has 19 heavy (non-hydrogen) atoms. The lowest BCUT2D eigenvalue weighted by Crippen LogP contribution is -2.06. The molecule has 5 nitrogen and oxygen atoms in total. The number of halogens is 4. The predicted molar refractivity (Wildman–Crippen MR) is 62.6 cm³/mol. The lowest BCUT2D eigenvalue weighted by atomic mass is 10.2. The highest BCUT2D eigenvalue weighted by Gasteiger charge is 2.30. The van der Waals surface area contributed by atoms with E-state index < -0.39 is 11.7 Å². The molecular formula is C10H9ClF3N5. The summed E-state index contributed by atoms with van der Waals surface area (Å²) in [5.74, 6) is 0.415. The van der Waals surface area contributed by atoms with Gasteiger partial charge in [0.05, 0.1) is 29.9 Å². The summed E-state index contributed by atoms with van der Waals surface area (Å²) in [6.07, 6.45) is -4.41. The fourth-order valence-electron chi connectivity index (χ4n) is 1.40. The Balaban J connectivity index is 2.09. The van der Waals surface area contributed by atoms with E-state index in [1.54, 1.807) is 7.05 Å². The van der Waals surface area contributed by atoms with E-state index >= 15 is 0 Å². The number of alkyl halides is 3. The molecule has 0 bridgehead atoms. The number of hydrogen-bond acceptors (Lipinski definition) is 4. The van der Waals surface area contributed by atoms with Gasteiger partial charge in [-0.2, -0.15) is 18.0 Å². The highest BCUT2D eigenvalue weighted by Crippen LogP contribution is 2.33. The van der Waals surface area contributed by atoms with Gasteiger partial charge in [-0.15, -0.1) is 10.2 Å². The van der Waals surface area contributed by atoms with Crippen molar-refractivity contribution < 1.29 is 13.2 Å². The van der Waals surface area contributed by atoms with Gasteiger partial charge in [0.15, 0.2) is 5.82 Å². The van der Waals surface area contributed by atoms with Crippen LogP contribution in [0.4, 0.5) is 18.9 Å². The first kappa shape index (κ1) is 13.6. The predicted octanol–water partition coefficient (Wildman–Crippen LogP) is 2.49. The molecule has 0 atom stereocenters. The first-order chi connectivity index (χ1) is 8.86. The van der Waals surface area contributed by atoms with E-state index in [0.29, 0.717) is 11.5 Å². The van der Waals surface area contributed by atoms with Gasteiger partial charge in [0.25, 0.3) is 0 Å². The molecule has 2 rings (SSSR count). The van der Waals surface area contributed by atoms with Crippen LogP contribution in [0.5, 0.6) is 0 Å². The summed E-state index contributed by atoms with van der Waals surface area (Å²) in [6.45, 7) is 0.221. The number of hydrogen-bond donors (Lipinski definition) is 1. The Bertz CT molecular complexity index is 581. The number of benzene rings is 1. The Morgan fingerprint density at radius 3 is 2.63 bits per heavy atom. The van der Waals surface area contributed by atoms with Crippen molar-refractivity contribution in [3.05, 3.63) is 34.6 Å². The molecule has 1 aromatic carbocycles. The average Bonchev–Trinajstić information content (AvgIpc) is 2.72. The lowest BCUT2D eigenvalue weighted by Gasteiger charge is -2.10. The van der Waals surface area contributed by atoms with Crippen molar-refractivity contribution in [2.24, 2.45) is 7.05 Å². The van der Waals surface area contributed by atoms with Gasteiger partial charge in [-0.25, -0.2) is 0 Å². The molecule has 1 heterocycles. The Morgan fingerprint density at radius 2 is 2.11 bits per heavy atom. The van der Waals surface area contributed by atoms with Gasteiger partial charge in [-0.1, -0.05) is 11.6 Å². The molecular weight excluding hydrogens is 283 g/mol. The number of tetrazole rings is 1. The molecule has 0 fully saturated rings. The summed E-state index contributed by atoms with van der Waals surface area (Å²) in [5.41, 5.74) is -0.414. The molecule has 0 unspecified atom stereocenters. The van der Waals surface area contributed by atoms with Gasteiger partial charge in [0, 0.05) is 0 Å². The topological polar surface area (TPSA) is 55.6 Å². The van der Waals surface area contributed by atoms with Crippen LogP contribution in [0.3, 0.4) is 0 Å². The zero-order valence-corrected chi connectivity index (χ0v) is 10.5. The third-order valence-corrected chi connectivity index (χ3v) is 2.60. The Morgan fingerprint density at radius 1 is 1.37 bits per heavy atom. The first-order valence-corrected chi connectivity index (χ1v) is 5.57. The second-order valence-corrected chi connectivity index (χ2v) is 4.15. The van der Waals surface area contributed by atoms with Crippen molar-refractivity contribution in [2.45, 2.75) is 12.7 Å². The fraction of sp³-hybridized carbons (Fsp3) is 0.300. The summed E-state index contributed by atoms with van der Waals surface area (Å²) in [7, 11) is 1.61. The second kappa shape index (κ2) is 5.04. The van der Waals surface area contributed by atoms with Crippen LogP contribution in [0.15, 0.2) is 18.2 Å². The third-order valence-electron chi connectivity index (χ3n) is 2.28. The van der Waals surface area contributed by atoms with Gasteiger partial charge in [-0.3, -0.25) is 0 Å². The Hall–Kier alpha value is -1.83. The first-order valence-electron chi connectivity index (χ1n) is 5.20. The van der Waals surface area contributed by atoms with E-state index in [-0.39, 0.29) is 11.6 Å². The van der Waals surface area contributed by atoms with Crippen LogP contribution in [0, 0.1) is 0 Å². The zero-order valence-electron chi connectivity index (χ0n) is 9.74. The number of anilines is 1.